The molecule has 140 valence electrons. The van der Waals surface area contributed by atoms with Gasteiger partial charge in [-0.25, -0.2) is 14.8 Å². The van der Waals surface area contributed by atoms with Gasteiger partial charge in [0.15, 0.2) is 0 Å². The number of benzene rings is 1. The van der Waals surface area contributed by atoms with Crippen molar-refractivity contribution < 1.29 is 9.53 Å². The Kier molecular flexibility index (Phi) is 5.05. The van der Waals surface area contributed by atoms with Crippen LogP contribution in [0.1, 0.15) is 35.0 Å². The molecule has 2 N–H and O–H groups in total. The van der Waals surface area contributed by atoms with Crippen LogP contribution in [0.15, 0.2) is 30.3 Å². The van der Waals surface area contributed by atoms with Crippen molar-refractivity contribution in [1.82, 2.24) is 14.9 Å². The topological polar surface area (TPSA) is 81.3 Å². The zero-order chi connectivity index (χ0) is 18.8. The summed E-state index contributed by atoms with van der Waals surface area (Å²) < 4.78 is 5.10. The third kappa shape index (κ3) is 3.79. The van der Waals surface area contributed by atoms with Crippen LogP contribution in [0.4, 0.5) is 5.95 Å². The van der Waals surface area contributed by atoms with Crippen molar-refractivity contribution in [2.24, 2.45) is 0 Å². The molecule has 0 unspecified atom stereocenters. The number of hydrogen-bond donors (Lipinski definition) is 1. The standard InChI is InChI=1S/C20H22N4O2S/c1-2-26-19(25)16-11-15-17(22-20(21)23-18(15)27-16)14-7-5-13(6-8-14)12-24-9-3-4-10-24/h5-8,11H,2-4,9-10,12H2,1H3,(H2,21,22,23). The van der Waals surface area contributed by atoms with E-state index in [0.717, 1.165) is 23.2 Å². The first-order valence-corrected chi connectivity index (χ1v) is 10.0. The third-order valence-electron chi connectivity index (χ3n) is 4.72. The molecule has 1 aliphatic heterocycles. The minimum atomic E-state index is -0.342. The number of carbonyl (C=O) groups is 1. The lowest BCUT2D eigenvalue weighted by Crippen LogP contribution is -2.18. The number of nitrogen functional groups attached to an aromatic ring is 1. The van der Waals surface area contributed by atoms with Gasteiger partial charge in [0.25, 0.3) is 0 Å². The van der Waals surface area contributed by atoms with E-state index in [4.69, 9.17) is 10.5 Å². The molecule has 1 aromatic carbocycles. The first kappa shape index (κ1) is 17.9. The Morgan fingerprint density at radius 1 is 1.22 bits per heavy atom. The Hall–Kier alpha value is -2.51. The van der Waals surface area contributed by atoms with Crippen LogP contribution in [0, 0.1) is 0 Å². The second-order valence-corrected chi connectivity index (χ2v) is 7.69. The first-order chi connectivity index (χ1) is 13.1. The molecule has 1 fully saturated rings. The van der Waals surface area contributed by atoms with Gasteiger partial charge < -0.3 is 10.5 Å². The van der Waals surface area contributed by atoms with E-state index in [1.807, 2.05) is 0 Å². The Labute approximate surface area is 162 Å². The monoisotopic (exact) mass is 382 g/mol. The lowest BCUT2D eigenvalue weighted by Gasteiger charge is -2.14. The van der Waals surface area contributed by atoms with Crippen molar-refractivity contribution in [3.05, 3.63) is 40.8 Å². The summed E-state index contributed by atoms with van der Waals surface area (Å²) in [5.41, 5.74) is 8.91. The normalized spacial score (nSPS) is 14.7. The third-order valence-corrected chi connectivity index (χ3v) is 5.73. The highest BCUT2D eigenvalue weighted by molar-refractivity contribution is 7.20. The van der Waals surface area contributed by atoms with Gasteiger partial charge in [-0.05, 0) is 44.5 Å². The Morgan fingerprint density at radius 3 is 2.67 bits per heavy atom. The molecular weight excluding hydrogens is 360 g/mol. The quantitative estimate of drug-likeness (QED) is 0.678. The lowest BCUT2D eigenvalue weighted by molar-refractivity contribution is 0.0532. The minimum absolute atomic E-state index is 0.205. The number of rotatable bonds is 5. The molecule has 3 aromatic rings. The highest BCUT2D eigenvalue weighted by Gasteiger charge is 2.17. The van der Waals surface area contributed by atoms with E-state index in [-0.39, 0.29) is 11.9 Å². The smallest absolute Gasteiger partial charge is 0.348 e. The van der Waals surface area contributed by atoms with E-state index in [0.29, 0.717) is 16.3 Å². The average molecular weight is 382 g/mol. The van der Waals surface area contributed by atoms with E-state index in [1.54, 1.807) is 13.0 Å². The summed E-state index contributed by atoms with van der Waals surface area (Å²) >= 11 is 1.28. The maximum atomic E-state index is 12.1. The number of hydrogen-bond acceptors (Lipinski definition) is 7. The van der Waals surface area contributed by atoms with Crippen molar-refractivity contribution >= 4 is 33.5 Å². The second kappa shape index (κ2) is 7.62. The van der Waals surface area contributed by atoms with E-state index in [2.05, 4.69) is 39.1 Å². The molecule has 0 atom stereocenters. The van der Waals surface area contributed by atoms with Crippen LogP contribution in [0.25, 0.3) is 21.5 Å². The molecule has 7 heteroatoms. The molecule has 0 radical (unpaired) electrons. The number of esters is 1. The Morgan fingerprint density at radius 2 is 1.96 bits per heavy atom. The molecule has 3 heterocycles. The number of anilines is 1. The number of nitrogens with zero attached hydrogens (tertiary/aromatic N) is 3. The van der Waals surface area contributed by atoms with Gasteiger partial charge in [-0.2, -0.15) is 0 Å². The summed E-state index contributed by atoms with van der Waals surface area (Å²) in [6, 6.07) is 10.2. The highest BCUT2D eigenvalue weighted by Crippen LogP contribution is 2.33. The predicted octanol–water partition coefficient (Wildman–Crippen LogP) is 3.71. The van der Waals surface area contributed by atoms with E-state index < -0.39 is 0 Å². The van der Waals surface area contributed by atoms with Crippen LogP contribution < -0.4 is 5.73 Å². The SMILES string of the molecule is CCOC(=O)c1cc2c(-c3ccc(CN4CCCC4)cc3)nc(N)nc2s1. The predicted molar refractivity (Wildman–Crippen MR) is 108 cm³/mol. The summed E-state index contributed by atoms with van der Waals surface area (Å²) in [6.07, 6.45) is 2.58. The summed E-state index contributed by atoms with van der Waals surface area (Å²) in [4.78, 5) is 24.5. The van der Waals surface area contributed by atoms with Crippen LogP contribution in [0.3, 0.4) is 0 Å². The van der Waals surface area contributed by atoms with E-state index in [9.17, 15) is 4.79 Å². The maximum absolute atomic E-state index is 12.1. The molecule has 0 bridgehead atoms. The molecule has 4 rings (SSSR count). The summed E-state index contributed by atoms with van der Waals surface area (Å²) in [5, 5.41) is 0.824. The van der Waals surface area contributed by atoms with Crippen molar-refractivity contribution in [2.45, 2.75) is 26.3 Å². The van der Waals surface area contributed by atoms with Crippen molar-refractivity contribution in [2.75, 3.05) is 25.4 Å². The number of fused-ring (bicyclic) bond motifs is 1. The molecule has 0 aliphatic carbocycles. The molecule has 0 saturated carbocycles. The number of aromatic nitrogens is 2. The van der Waals surface area contributed by atoms with Crippen LogP contribution in [-0.4, -0.2) is 40.5 Å². The van der Waals surface area contributed by atoms with Gasteiger partial charge in [-0.3, -0.25) is 4.90 Å². The summed E-state index contributed by atoms with van der Waals surface area (Å²) in [5.74, 6) is -0.137. The zero-order valence-electron chi connectivity index (χ0n) is 15.3. The van der Waals surface area contributed by atoms with Gasteiger partial charge in [0, 0.05) is 17.5 Å². The minimum Gasteiger partial charge on any atom is -0.462 e. The molecule has 27 heavy (non-hydrogen) atoms. The number of thiophene rings is 1. The van der Waals surface area contributed by atoms with Gasteiger partial charge in [0.05, 0.1) is 12.3 Å². The maximum Gasteiger partial charge on any atom is 0.348 e. The number of likely N-dealkylation sites (tertiary alicyclic amines) is 1. The molecule has 0 amide bonds. The Balaban J connectivity index is 1.66. The van der Waals surface area contributed by atoms with E-state index in [1.165, 1.54) is 42.8 Å². The van der Waals surface area contributed by atoms with Gasteiger partial charge in [-0.15, -0.1) is 11.3 Å². The largest absolute Gasteiger partial charge is 0.462 e. The molecule has 0 spiro atoms. The first-order valence-electron chi connectivity index (χ1n) is 9.20. The molecular formula is C20H22N4O2S. The van der Waals surface area contributed by atoms with Crippen molar-refractivity contribution in [3.8, 4) is 11.3 Å². The average Bonchev–Trinajstić information content (AvgIpc) is 3.31. The van der Waals surface area contributed by atoms with Crippen LogP contribution in [-0.2, 0) is 11.3 Å². The lowest BCUT2D eigenvalue weighted by atomic mass is 10.1. The second-order valence-electron chi connectivity index (χ2n) is 6.66. The molecule has 1 aliphatic rings. The number of carbonyl (C=O) groups excluding carboxylic acids is 1. The number of nitrogens with two attached hydrogens (primary N) is 1. The highest BCUT2D eigenvalue weighted by atomic mass is 32.1. The Bertz CT molecular complexity index is 962. The van der Waals surface area contributed by atoms with Gasteiger partial charge >= 0.3 is 5.97 Å². The van der Waals surface area contributed by atoms with E-state index >= 15 is 0 Å². The van der Waals surface area contributed by atoms with Crippen molar-refractivity contribution in [1.29, 1.82) is 0 Å². The fourth-order valence-electron chi connectivity index (χ4n) is 3.43. The summed E-state index contributed by atoms with van der Waals surface area (Å²) in [7, 11) is 0. The molecule has 2 aromatic heterocycles. The van der Waals surface area contributed by atoms with Gasteiger partial charge in [-0.1, -0.05) is 24.3 Å². The fraction of sp³-hybridized carbons (Fsp3) is 0.350. The van der Waals surface area contributed by atoms with Crippen LogP contribution >= 0.6 is 11.3 Å². The fourth-order valence-corrected chi connectivity index (χ4v) is 4.36. The van der Waals surface area contributed by atoms with Gasteiger partial charge in [0.1, 0.15) is 9.71 Å². The number of ether oxygens (including phenoxy) is 1. The van der Waals surface area contributed by atoms with Crippen LogP contribution in [0.2, 0.25) is 0 Å². The zero-order valence-corrected chi connectivity index (χ0v) is 16.1. The summed E-state index contributed by atoms with van der Waals surface area (Å²) in [6.45, 7) is 5.46. The molecule has 1 saturated heterocycles. The van der Waals surface area contributed by atoms with Crippen LogP contribution in [0.5, 0.6) is 0 Å². The molecule has 6 nitrogen and oxygen atoms in total. The van der Waals surface area contributed by atoms with Crippen molar-refractivity contribution in [3.63, 3.8) is 0 Å². The van der Waals surface area contributed by atoms with Gasteiger partial charge in [0.2, 0.25) is 5.95 Å².